The molecule has 0 aromatic rings. The van der Waals surface area contributed by atoms with Gasteiger partial charge in [-0.25, -0.2) is 0 Å². The predicted octanol–water partition coefficient (Wildman–Crippen LogP) is 1.86. The van der Waals surface area contributed by atoms with Crippen LogP contribution in [0.4, 0.5) is 0 Å². The van der Waals surface area contributed by atoms with Crippen molar-refractivity contribution in [1.29, 1.82) is 0 Å². The average Bonchev–Trinajstić information content (AvgIpc) is 1.90. The van der Waals surface area contributed by atoms with Crippen molar-refractivity contribution < 1.29 is 1.43 Å². The van der Waals surface area contributed by atoms with Gasteiger partial charge in [-0.1, -0.05) is 43.3 Å². The zero-order valence-corrected chi connectivity index (χ0v) is 7.82. The molecular weight excluding hydrogens is 111 g/mol. The van der Waals surface area contributed by atoms with E-state index in [0.717, 1.165) is 5.92 Å². The topological polar surface area (TPSA) is 0 Å². The zero-order chi connectivity index (χ0) is 5.82. The third-order valence-electron chi connectivity index (χ3n) is 2.30. The van der Waals surface area contributed by atoms with Crippen LogP contribution in [0.5, 0.6) is 0 Å². The Balaban J connectivity index is 0.000000640. The number of hydrogen-bond donors (Lipinski definition) is 0. The van der Waals surface area contributed by atoms with Gasteiger partial charge in [0.05, 0.1) is 0 Å². The predicted molar refractivity (Wildman–Crippen MR) is 42.0 cm³/mol. The van der Waals surface area contributed by atoms with E-state index in [1.165, 1.54) is 35.6 Å². The molecule has 0 atom stereocenters. The Kier molecular flexibility index (Phi) is 2.94. The Hall–Kier alpha value is 0.532. The van der Waals surface area contributed by atoms with E-state index in [2.05, 4.69) is 0 Å². The first-order chi connectivity index (χ1) is 3.93. The molecule has 1 heteroatoms. The first-order valence-electron chi connectivity index (χ1n) is 3.93. The maximum absolute atomic E-state index is 1.56. The molecule has 1 aliphatic carbocycles. The fraction of sp³-hybridized carbons (Fsp3) is 1.00. The largest absolute Gasteiger partial charge is 0.212 e. The van der Waals surface area contributed by atoms with Crippen LogP contribution in [0, 0.1) is 5.92 Å². The van der Waals surface area contributed by atoms with Crippen molar-refractivity contribution in [1.82, 2.24) is 0 Å². The van der Waals surface area contributed by atoms with Crippen molar-refractivity contribution in [2.24, 2.45) is 5.92 Å². The summed E-state index contributed by atoms with van der Waals surface area (Å²) >= 11 is 1.43. The fourth-order valence-electron chi connectivity index (χ4n) is 1.60. The second-order valence-electron chi connectivity index (χ2n) is 2.91. The van der Waals surface area contributed by atoms with E-state index in [4.69, 9.17) is 0 Å². The van der Waals surface area contributed by atoms with Crippen molar-refractivity contribution in [3.63, 3.8) is 0 Å². The highest BCUT2D eigenvalue weighted by Gasteiger charge is 2.09. The maximum Gasteiger partial charge on any atom is 0.212 e. The summed E-state index contributed by atoms with van der Waals surface area (Å²) in [4.78, 5) is 0. The molecule has 0 heterocycles. The van der Waals surface area contributed by atoms with E-state index >= 15 is 0 Å². The van der Waals surface area contributed by atoms with Crippen LogP contribution in [0.25, 0.3) is 0 Å². The maximum atomic E-state index is 1.56. The van der Waals surface area contributed by atoms with E-state index in [0.29, 0.717) is 0 Å². The summed E-state index contributed by atoms with van der Waals surface area (Å²) in [5, 5.41) is 1.56. The summed E-state index contributed by atoms with van der Waals surface area (Å²) in [5.41, 5.74) is 0. The fourth-order valence-corrected chi connectivity index (χ4v) is 2.41. The minimum Gasteiger partial charge on any atom is -0.0985 e. The SMILES string of the molecule is [AlH2][CH2]C1CCCCC1.[HH]. The van der Waals surface area contributed by atoms with E-state index in [1.54, 1.807) is 18.1 Å². The van der Waals surface area contributed by atoms with Gasteiger partial charge in [0, 0.05) is 1.43 Å². The first-order valence-corrected chi connectivity index (χ1v) is 5.35. The molecule has 0 nitrogen and oxygen atoms in total. The van der Waals surface area contributed by atoms with Crippen LogP contribution >= 0.6 is 0 Å². The molecule has 0 N–H and O–H groups in total. The van der Waals surface area contributed by atoms with E-state index < -0.39 is 0 Å². The molecule has 0 aromatic heterocycles. The van der Waals surface area contributed by atoms with E-state index in [1.807, 2.05) is 0 Å². The summed E-state index contributed by atoms with van der Waals surface area (Å²) in [6, 6.07) is 0. The van der Waals surface area contributed by atoms with Gasteiger partial charge in [-0.15, -0.1) is 0 Å². The minimum atomic E-state index is 0. The van der Waals surface area contributed by atoms with Gasteiger partial charge in [0.1, 0.15) is 0 Å². The van der Waals surface area contributed by atoms with E-state index in [-0.39, 0.29) is 1.43 Å². The summed E-state index contributed by atoms with van der Waals surface area (Å²) in [7, 11) is 0. The molecule has 1 fully saturated rings. The van der Waals surface area contributed by atoms with Gasteiger partial charge in [0.15, 0.2) is 0 Å². The third kappa shape index (κ3) is 1.80. The Bertz CT molecular complexity index is 59.9. The van der Waals surface area contributed by atoms with Crippen LogP contribution in [0.15, 0.2) is 0 Å². The summed E-state index contributed by atoms with van der Waals surface area (Å²) < 4.78 is 0. The lowest BCUT2D eigenvalue weighted by Gasteiger charge is -2.19. The lowest BCUT2D eigenvalue weighted by Crippen LogP contribution is -2.04. The Morgan fingerprint density at radius 3 is 2.25 bits per heavy atom. The summed E-state index contributed by atoms with van der Waals surface area (Å²) in [6.07, 6.45) is 7.64. The van der Waals surface area contributed by atoms with Crippen LogP contribution in [0.2, 0.25) is 5.28 Å². The average molecular weight is 128 g/mol. The molecule has 0 saturated heterocycles. The Labute approximate surface area is 61.6 Å². The monoisotopic (exact) mass is 128 g/mol. The lowest BCUT2D eigenvalue weighted by atomic mass is 9.91. The highest BCUT2D eigenvalue weighted by atomic mass is 27.0. The van der Waals surface area contributed by atoms with Gasteiger partial charge in [0.25, 0.3) is 0 Å². The first kappa shape index (κ1) is 6.65. The van der Waals surface area contributed by atoms with Crippen molar-refractivity contribution in [2.75, 3.05) is 0 Å². The molecular formula is C7H17Al. The molecule has 1 saturated carbocycles. The normalized spacial score (nSPS) is 23.5. The van der Waals surface area contributed by atoms with Crippen molar-refractivity contribution in [2.45, 2.75) is 37.4 Å². The van der Waals surface area contributed by atoms with Crippen molar-refractivity contribution >= 4 is 16.3 Å². The van der Waals surface area contributed by atoms with E-state index in [9.17, 15) is 0 Å². The highest BCUT2D eigenvalue weighted by molar-refractivity contribution is 6.08. The van der Waals surface area contributed by atoms with Gasteiger partial charge in [0.2, 0.25) is 16.3 Å². The second-order valence-corrected chi connectivity index (χ2v) is 3.73. The molecule has 0 unspecified atom stereocenters. The van der Waals surface area contributed by atoms with Crippen LogP contribution in [0.3, 0.4) is 0 Å². The molecule has 0 aromatic carbocycles. The Morgan fingerprint density at radius 1 is 1.25 bits per heavy atom. The standard InChI is InChI=1S/C7H13.Al.H2.2H/c1-7-5-3-2-4-6-7;;;;/h7H,1-6H2;;1H;;. The second kappa shape index (κ2) is 3.54. The molecule has 8 heavy (non-hydrogen) atoms. The number of hydrogen-bond acceptors (Lipinski definition) is 0. The Morgan fingerprint density at radius 2 is 1.88 bits per heavy atom. The van der Waals surface area contributed by atoms with Gasteiger partial charge < -0.3 is 0 Å². The molecule has 1 rings (SSSR count). The molecule has 0 spiro atoms. The lowest BCUT2D eigenvalue weighted by molar-refractivity contribution is 0.385. The van der Waals surface area contributed by atoms with Crippen molar-refractivity contribution in [3.05, 3.63) is 0 Å². The zero-order valence-electron chi connectivity index (χ0n) is 5.82. The van der Waals surface area contributed by atoms with Crippen LogP contribution in [-0.4, -0.2) is 16.3 Å². The molecule has 0 amide bonds. The van der Waals surface area contributed by atoms with Crippen LogP contribution < -0.4 is 0 Å². The quantitative estimate of drug-likeness (QED) is 0.473. The summed E-state index contributed by atoms with van der Waals surface area (Å²) in [5.74, 6) is 1.15. The van der Waals surface area contributed by atoms with Crippen LogP contribution in [-0.2, 0) is 0 Å². The molecule has 0 aliphatic heterocycles. The summed E-state index contributed by atoms with van der Waals surface area (Å²) in [6.45, 7) is 0. The van der Waals surface area contributed by atoms with Crippen LogP contribution in [0.1, 0.15) is 33.5 Å². The molecule has 1 aliphatic rings. The number of rotatable bonds is 1. The van der Waals surface area contributed by atoms with Gasteiger partial charge >= 0.3 is 0 Å². The van der Waals surface area contributed by atoms with Gasteiger partial charge in [-0.3, -0.25) is 0 Å². The molecule has 48 valence electrons. The minimum absolute atomic E-state index is 0. The molecule has 0 radical (unpaired) electrons. The smallest absolute Gasteiger partial charge is 0.0985 e. The van der Waals surface area contributed by atoms with Gasteiger partial charge in [-0.2, -0.15) is 0 Å². The highest BCUT2D eigenvalue weighted by Crippen LogP contribution is 2.25. The van der Waals surface area contributed by atoms with Gasteiger partial charge in [-0.05, 0) is 0 Å². The third-order valence-corrected chi connectivity index (χ3v) is 3.46. The van der Waals surface area contributed by atoms with Crippen molar-refractivity contribution in [3.8, 4) is 0 Å². The molecule has 0 bridgehead atoms.